The zero-order valence-corrected chi connectivity index (χ0v) is 18.6. The van der Waals surface area contributed by atoms with Gasteiger partial charge in [0.15, 0.2) is 0 Å². The van der Waals surface area contributed by atoms with Crippen LogP contribution in [0.5, 0.6) is 0 Å². The second kappa shape index (κ2) is 10.4. The molecule has 1 amide bonds. The molecular weight excluding hydrogens is 426 g/mol. The molecule has 9 heteroatoms. The lowest BCUT2D eigenvalue weighted by molar-refractivity contribution is -0.118. The number of benzene rings is 2. The minimum atomic E-state index is -0.539. The largest absolute Gasteiger partial charge is 0.387 e. The fourth-order valence-electron chi connectivity index (χ4n) is 3.21. The second-order valence-electron chi connectivity index (χ2n) is 7.29. The minimum Gasteiger partial charge on any atom is -0.387 e. The van der Waals surface area contributed by atoms with Crippen molar-refractivity contribution in [3.63, 3.8) is 0 Å². The third-order valence-corrected chi connectivity index (χ3v) is 6.04. The van der Waals surface area contributed by atoms with Gasteiger partial charge in [-0.05, 0) is 55.5 Å². The summed E-state index contributed by atoms with van der Waals surface area (Å²) in [6.45, 7) is 4.77. The second-order valence-corrected chi connectivity index (χ2v) is 8.35. The first-order valence-electron chi connectivity index (χ1n) is 10.3. The van der Waals surface area contributed by atoms with Gasteiger partial charge in [-0.2, -0.15) is 0 Å². The SMILES string of the molecule is Cc1cnc(Nc2ccc(N3CCOCC3)cc2)nc1Sc1ccc(NC(=O)CO)cc1. The van der Waals surface area contributed by atoms with Gasteiger partial charge < -0.3 is 25.4 Å². The minimum absolute atomic E-state index is 0.439. The van der Waals surface area contributed by atoms with E-state index < -0.39 is 12.5 Å². The Morgan fingerprint density at radius 2 is 1.78 bits per heavy atom. The molecule has 0 saturated carbocycles. The van der Waals surface area contributed by atoms with Gasteiger partial charge in [0.2, 0.25) is 11.9 Å². The average Bonchev–Trinajstić information content (AvgIpc) is 2.83. The van der Waals surface area contributed by atoms with E-state index in [2.05, 4.69) is 37.6 Å². The molecule has 3 N–H and O–H groups in total. The van der Waals surface area contributed by atoms with Gasteiger partial charge in [0.05, 0.1) is 13.2 Å². The van der Waals surface area contributed by atoms with E-state index in [0.29, 0.717) is 11.6 Å². The van der Waals surface area contributed by atoms with E-state index in [1.54, 1.807) is 18.3 Å². The maximum absolute atomic E-state index is 11.3. The number of ether oxygens (including phenoxy) is 1. The van der Waals surface area contributed by atoms with Crippen LogP contribution in [0.4, 0.5) is 23.0 Å². The number of aryl methyl sites for hydroxylation is 1. The predicted octanol–water partition coefficient (Wildman–Crippen LogP) is 3.45. The number of hydrogen-bond acceptors (Lipinski definition) is 8. The van der Waals surface area contributed by atoms with Crippen LogP contribution in [0.3, 0.4) is 0 Å². The smallest absolute Gasteiger partial charge is 0.250 e. The molecule has 32 heavy (non-hydrogen) atoms. The number of carbonyl (C=O) groups excluding carboxylic acids is 1. The summed E-state index contributed by atoms with van der Waals surface area (Å²) in [5, 5.41) is 15.6. The summed E-state index contributed by atoms with van der Waals surface area (Å²) in [6.07, 6.45) is 1.80. The number of hydrogen-bond donors (Lipinski definition) is 3. The molecule has 1 aliphatic rings. The highest BCUT2D eigenvalue weighted by Crippen LogP contribution is 2.30. The first-order chi connectivity index (χ1) is 15.6. The Morgan fingerprint density at radius 3 is 2.47 bits per heavy atom. The van der Waals surface area contributed by atoms with Crippen LogP contribution < -0.4 is 15.5 Å². The Balaban J connectivity index is 1.41. The average molecular weight is 452 g/mol. The van der Waals surface area contributed by atoms with Crippen LogP contribution in [0.2, 0.25) is 0 Å². The van der Waals surface area contributed by atoms with Gasteiger partial charge in [0.1, 0.15) is 11.6 Å². The van der Waals surface area contributed by atoms with Gasteiger partial charge in [0.25, 0.3) is 0 Å². The van der Waals surface area contributed by atoms with Gasteiger partial charge in [-0.3, -0.25) is 4.79 Å². The van der Waals surface area contributed by atoms with Crippen LogP contribution in [-0.4, -0.2) is 53.9 Å². The number of nitrogens with one attached hydrogen (secondary N) is 2. The van der Waals surface area contributed by atoms with Crippen LogP contribution >= 0.6 is 11.8 Å². The van der Waals surface area contributed by atoms with Crippen molar-refractivity contribution in [2.24, 2.45) is 0 Å². The Morgan fingerprint density at radius 1 is 1.09 bits per heavy atom. The van der Waals surface area contributed by atoms with E-state index in [1.165, 1.54) is 17.4 Å². The Bertz CT molecular complexity index is 1050. The van der Waals surface area contributed by atoms with E-state index >= 15 is 0 Å². The third kappa shape index (κ3) is 5.76. The number of aliphatic hydroxyl groups is 1. The molecule has 0 atom stereocenters. The monoisotopic (exact) mass is 451 g/mol. The van der Waals surface area contributed by atoms with Crippen LogP contribution in [-0.2, 0) is 9.53 Å². The lowest BCUT2D eigenvalue weighted by Gasteiger charge is -2.28. The summed E-state index contributed by atoms with van der Waals surface area (Å²) in [5.74, 6) is 0.0924. The number of morpholine rings is 1. The highest BCUT2D eigenvalue weighted by atomic mass is 32.2. The van der Waals surface area contributed by atoms with Crippen molar-refractivity contribution in [1.29, 1.82) is 0 Å². The molecule has 0 aliphatic carbocycles. The van der Waals surface area contributed by atoms with Crippen molar-refractivity contribution in [3.05, 3.63) is 60.3 Å². The Labute approximate surface area is 191 Å². The van der Waals surface area contributed by atoms with Crippen LogP contribution in [0.15, 0.2) is 64.6 Å². The number of nitrogens with zero attached hydrogens (tertiary/aromatic N) is 3. The number of aromatic nitrogens is 2. The molecule has 2 aromatic carbocycles. The fraction of sp³-hybridized carbons (Fsp3) is 0.261. The zero-order valence-electron chi connectivity index (χ0n) is 17.7. The van der Waals surface area contributed by atoms with Crippen LogP contribution in [0.25, 0.3) is 0 Å². The van der Waals surface area contributed by atoms with Gasteiger partial charge >= 0.3 is 0 Å². The van der Waals surface area contributed by atoms with E-state index in [-0.39, 0.29) is 0 Å². The highest BCUT2D eigenvalue weighted by Gasteiger charge is 2.11. The Hall–Kier alpha value is -3.14. The first kappa shape index (κ1) is 22.1. The molecule has 0 radical (unpaired) electrons. The molecular formula is C23H25N5O3S. The van der Waals surface area contributed by atoms with Crippen LogP contribution in [0.1, 0.15) is 5.56 Å². The molecule has 166 valence electrons. The molecule has 4 rings (SSSR count). The molecule has 0 spiro atoms. The van der Waals surface area contributed by atoms with Crippen molar-refractivity contribution < 1.29 is 14.6 Å². The summed E-state index contributed by atoms with van der Waals surface area (Å²) >= 11 is 1.52. The fourth-order valence-corrected chi connectivity index (χ4v) is 4.06. The predicted molar refractivity (Wildman–Crippen MR) is 126 cm³/mol. The maximum atomic E-state index is 11.3. The number of rotatable bonds is 7. The topological polar surface area (TPSA) is 99.6 Å². The number of carbonyl (C=O) groups is 1. The molecule has 1 aromatic heterocycles. The van der Waals surface area contributed by atoms with Crippen molar-refractivity contribution in [2.45, 2.75) is 16.8 Å². The van der Waals surface area contributed by atoms with Gasteiger partial charge in [-0.25, -0.2) is 9.97 Å². The van der Waals surface area contributed by atoms with Crippen molar-refractivity contribution >= 4 is 40.7 Å². The van der Waals surface area contributed by atoms with Crippen molar-refractivity contribution in [3.8, 4) is 0 Å². The summed E-state index contributed by atoms with van der Waals surface area (Å²) in [7, 11) is 0. The van der Waals surface area contributed by atoms with Gasteiger partial charge in [-0.1, -0.05) is 11.8 Å². The summed E-state index contributed by atoms with van der Waals surface area (Å²) in [5.41, 5.74) is 3.71. The van der Waals surface area contributed by atoms with E-state index in [1.807, 2.05) is 31.2 Å². The molecule has 0 bridgehead atoms. The number of amides is 1. The summed E-state index contributed by atoms with van der Waals surface area (Å²) < 4.78 is 5.41. The van der Waals surface area contributed by atoms with E-state index in [0.717, 1.165) is 47.5 Å². The molecule has 1 aliphatic heterocycles. The third-order valence-electron chi connectivity index (χ3n) is 4.92. The zero-order chi connectivity index (χ0) is 22.3. The molecule has 1 saturated heterocycles. The quantitative estimate of drug-likeness (QED) is 0.470. The first-order valence-corrected chi connectivity index (χ1v) is 11.1. The standard InChI is InChI=1S/C23H25N5O3S/c1-16-14-24-23(26-18-2-6-19(7-3-18)28-10-12-31-13-11-28)27-22(16)32-20-8-4-17(5-9-20)25-21(30)15-29/h2-9,14,29H,10-13,15H2,1H3,(H,25,30)(H,24,26,27). The van der Waals surface area contributed by atoms with Gasteiger partial charge in [-0.15, -0.1) is 0 Å². The lowest BCUT2D eigenvalue weighted by atomic mass is 10.2. The van der Waals surface area contributed by atoms with Crippen LogP contribution in [0, 0.1) is 6.92 Å². The lowest BCUT2D eigenvalue weighted by Crippen LogP contribution is -2.36. The molecule has 2 heterocycles. The molecule has 1 fully saturated rings. The maximum Gasteiger partial charge on any atom is 0.250 e. The van der Waals surface area contributed by atoms with Gasteiger partial charge in [0, 0.05) is 46.8 Å². The van der Waals surface area contributed by atoms with Crippen molar-refractivity contribution in [1.82, 2.24) is 9.97 Å². The number of aliphatic hydroxyl groups excluding tert-OH is 1. The normalized spacial score (nSPS) is 13.6. The highest BCUT2D eigenvalue weighted by molar-refractivity contribution is 7.99. The summed E-state index contributed by atoms with van der Waals surface area (Å²) in [4.78, 5) is 23.7. The Kier molecular flexibility index (Phi) is 7.21. The van der Waals surface area contributed by atoms with E-state index in [4.69, 9.17) is 9.84 Å². The molecule has 0 unspecified atom stereocenters. The molecule has 3 aromatic rings. The van der Waals surface area contributed by atoms with Crippen molar-refractivity contribution in [2.75, 3.05) is 48.4 Å². The van der Waals surface area contributed by atoms with E-state index in [9.17, 15) is 4.79 Å². The molecule has 8 nitrogen and oxygen atoms in total. The summed E-state index contributed by atoms with van der Waals surface area (Å²) in [6, 6.07) is 15.6. The number of anilines is 4.